The molecule has 8 heteroatoms. The van der Waals surface area contributed by atoms with Gasteiger partial charge in [0.25, 0.3) is 5.91 Å². The summed E-state index contributed by atoms with van der Waals surface area (Å²) in [5.41, 5.74) is 8.32. The highest BCUT2D eigenvalue weighted by molar-refractivity contribution is 7.17. The highest BCUT2D eigenvalue weighted by Gasteiger charge is 2.18. The summed E-state index contributed by atoms with van der Waals surface area (Å²) in [7, 11) is 0. The smallest absolute Gasteiger partial charge is 0.254 e. The van der Waals surface area contributed by atoms with Gasteiger partial charge in [0.05, 0.1) is 16.3 Å². The molecule has 29 heavy (non-hydrogen) atoms. The molecule has 1 amide bonds. The monoisotopic (exact) mass is 421 g/mol. The summed E-state index contributed by atoms with van der Waals surface area (Å²) >= 11 is 7.59. The number of pyridine rings is 1. The number of primary amides is 1. The lowest BCUT2D eigenvalue weighted by Crippen LogP contribution is -2.13. The number of carbonyl (C=O) groups excluding carboxylic acids is 1. The van der Waals surface area contributed by atoms with E-state index in [4.69, 9.17) is 17.3 Å². The minimum Gasteiger partial charge on any atom is -0.365 e. The van der Waals surface area contributed by atoms with Crippen LogP contribution in [0.2, 0.25) is 5.02 Å². The minimum absolute atomic E-state index is 0.266. The molecule has 4 rings (SSSR count). The van der Waals surface area contributed by atoms with Gasteiger partial charge in [-0.15, -0.1) is 11.3 Å². The van der Waals surface area contributed by atoms with Crippen LogP contribution in [0.1, 0.15) is 26.5 Å². The number of benzene rings is 1. The molecule has 0 spiro atoms. The van der Waals surface area contributed by atoms with Crippen LogP contribution in [0, 0.1) is 0 Å². The fourth-order valence-electron chi connectivity index (χ4n) is 2.89. The second kappa shape index (κ2) is 8.38. The molecule has 3 N–H and O–H groups in total. The van der Waals surface area contributed by atoms with Crippen molar-refractivity contribution in [2.45, 2.75) is 6.42 Å². The van der Waals surface area contributed by atoms with Gasteiger partial charge in [0.15, 0.2) is 5.82 Å². The normalized spacial score (nSPS) is 11.2. The second-order valence-electron chi connectivity index (χ2n) is 6.25. The van der Waals surface area contributed by atoms with E-state index in [1.54, 1.807) is 29.8 Å². The number of aromatic nitrogens is 3. The van der Waals surface area contributed by atoms with E-state index >= 15 is 0 Å². The number of rotatable bonds is 6. The van der Waals surface area contributed by atoms with Gasteiger partial charge >= 0.3 is 0 Å². The highest BCUT2D eigenvalue weighted by Crippen LogP contribution is 2.27. The summed E-state index contributed by atoms with van der Waals surface area (Å²) in [6.07, 6.45) is 3.88. The van der Waals surface area contributed by atoms with Crippen LogP contribution in [0.3, 0.4) is 0 Å². The van der Waals surface area contributed by atoms with Gasteiger partial charge in [-0.25, -0.2) is 4.99 Å². The molecule has 3 heterocycles. The lowest BCUT2D eigenvalue weighted by atomic mass is 10.1. The number of halogens is 1. The summed E-state index contributed by atoms with van der Waals surface area (Å²) in [4.78, 5) is 22.7. The van der Waals surface area contributed by atoms with Gasteiger partial charge in [-0.2, -0.15) is 5.10 Å². The van der Waals surface area contributed by atoms with Crippen molar-refractivity contribution >= 4 is 40.9 Å². The summed E-state index contributed by atoms with van der Waals surface area (Å²) in [5.74, 6) is -0.314. The molecule has 0 radical (unpaired) electrons. The molecule has 3 aromatic heterocycles. The third-order valence-electron chi connectivity index (χ3n) is 4.20. The molecular formula is C21H16ClN5OS. The first-order valence-electron chi connectivity index (χ1n) is 8.77. The standard InChI is InChI=1S/C21H16ClN5OS/c22-14-5-3-4-13(10-14)11-17-19(20(23)28)21(27-26-17)25-12-15-7-8-18(29-15)16-6-1-2-9-24-16/h1-10,12H,11H2,(H2,23,28)(H,26,27). The third-order valence-corrected chi connectivity index (χ3v) is 5.47. The quantitative estimate of drug-likeness (QED) is 0.444. The fraction of sp³-hybridized carbons (Fsp3) is 0.0476. The van der Waals surface area contributed by atoms with E-state index in [1.165, 1.54) is 0 Å². The summed E-state index contributed by atoms with van der Waals surface area (Å²) in [5, 5.41) is 7.68. The van der Waals surface area contributed by atoms with E-state index < -0.39 is 5.91 Å². The average Bonchev–Trinajstić information content (AvgIpc) is 3.34. The lowest BCUT2D eigenvalue weighted by molar-refractivity contribution is 0.100. The van der Waals surface area contributed by atoms with Gasteiger partial charge in [-0.1, -0.05) is 29.8 Å². The van der Waals surface area contributed by atoms with E-state index in [9.17, 15) is 4.79 Å². The first-order chi connectivity index (χ1) is 14.1. The molecule has 6 nitrogen and oxygen atoms in total. The number of hydrogen-bond acceptors (Lipinski definition) is 5. The zero-order valence-electron chi connectivity index (χ0n) is 15.2. The van der Waals surface area contributed by atoms with Gasteiger partial charge in [0.1, 0.15) is 5.56 Å². The molecule has 0 saturated carbocycles. The topological polar surface area (TPSA) is 97.0 Å². The van der Waals surface area contributed by atoms with Crippen LogP contribution in [0.5, 0.6) is 0 Å². The summed E-state index contributed by atoms with van der Waals surface area (Å²) in [6, 6.07) is 17.1. The fourth-order valence-corrected chi connectivity index (χ4v) is 3.96. The van der Waals surface area contributed by atoms with Crippen molar-refractivity contribution < 1.29 is 4.79 Å². The highest BCUT2D eigenvalue weighted by atomic mass is 35.5. The molecular weight excluding hydrogens is 406 g/mol. The van der Waals surface area contributed by atoms with Crippen LogP contribution >= 0.6 is 22.9 Å². The Kier molecular flexibility index (Phi) is 5.50. The van der Waals surface area contributed by atoms with Crippen molar-refractivity contribution in [1.82, 2.24) is 15.2 Å². The van der Waals surface area contributed by atoms with Gasteiger partial charge in [-0.05, 0) is 42.0 Å². The Morgan fingerprint density at radius 2 is 2.10 bits per heavy atom. The molecule has 0 aliphatic carbocycles. The van der Waals surface area contributed by atoms with Crippen molar-refractivity contribution in [2.24, 2.45) is 10.7 Å². The Labute approximate surface area is 176 Å². The Morgan fingerprint density at radius 1 is 1.21 bits per heavy atom. The Bertz CT molecular complexity index is 1180. The van der Waals surface area contributed by atoms with E-state index in [2.05, 4.69) is 20.2 Å². The van der Waals surface area contributed by atoms with Gasteiger partial charge in [0, 0.05) is 28.7 Å². The maximum atomic E-state index is 12.0. The molecule has 0 unspecified atom stereocenters. The van der Waals surface area contributed by atoms with Crippen LogP contribution < -0.4 is 5.73 Å². The van der Waals surface area contributed by atoms with E-state index in [0.717, 1.165) is 21.0 Å². The number of hydrogen-bond donors (Lipinski definition) is 2. The molecule has 144 valence electrons. The Hall–Kier alpha value is -3.29. The van der Waals surface area contributed by atoms with Gasteiger partial charge < -0.3 is 5.73 Å². The van der Waals surface area contributed by atoms with Crippen LogP contribution in [0.4, 0.5) is 5.82 Å². The molecule has 0 aliphatic rings. The largest absolute Gasteiger partial charge is 0.365 e. The van der Waals surface area contributed by atoms with Crippen LogP contribution in [-0.2, 0) is 6.42 Å². The molecule has 0 aliphatic heterocycles. The number of nitrogens with zero attached hydrogens (tertiary/aromatic N) is 3. The van der Waals surface area contributed by atoms with Crippen molar-refractivity contribution in [1.29, 1.82) is 0 Å². The van der Waals surface area contributed by atoms with Crippen LogP contribution in [-0.4, -0.2) is 27.3 Å². The first-order valence-corrected chi connectivity index (χ1v) is 9.96. The van der Waals surface area contributed by atoms with Crippen molar-refractivity contribution in [3.63, 3.8) is 0 Å². The molecule has 0 fully saturated rings. The predicted molar refractivity (Wildman–Crippen MR) is 116 cm³/mol. The Morgan fingerprint density at radius 3 is 2.86 bits per heavy atom. The molecule has 0 bridgehead atoms. The minimum atomic E-state index is -0.580. The number of aliphatic imine (C=N–C) groups is 1. The number of carbonyl (C=O) groups is 1. The maximum Gasteiger partial charge on any atom is 0.254 e. The van der Waals surface area contributed by atoms with Crippen LogP contribution in [0.15, 0.2) is 65.8 Å². The molecule has 0 atom stereocenters. The SMILES string of the molecule is NC(=O)c1c(N=Cc2ccc(-c3ccccn3)s2)n[nH]c1Cc1cccc(Cl)c1. The van der Waals surface area contributed by atoms with Gasteiger partial charge in [0.2, 0.25) is 0 Å². The van der Waals surface area contributed by atoms with Gasteiger partial charge in [-0.3, -0.25) is 14.9 Å². The van der Waals surface area contributed by atoms with Crippen molar-refractivity contribution in [2.75, 3.05) is 0 Å². The second-order valence-corrected chi connectivity index (χ2v) is 7.80. The summed E-state index contributed by atoms with van der Waals surface area (Å²) in [6.45, 7) is 0. The number of nitrogens with two attached hydrogens (primary N) is 1. The number of nitrogens with one attached hydrogen (secondary N) is 1. The Balaban J connectivity index is 1.58. The number of amides is 1. The average molecular weight is 422 g/mol. The zero-order chi connectivity index (χ0) is 20.2. The van der Waals surface area contributed by atoms with E-state index in [1.807, 2.05) is 48.5 Å². The number of thiophene rings is 1. The van der Waals surface area contributed by atoms with Crippen LogP contribution in [0.25, 0.3) is 10.6 Å². The number of aromatic amines is 1. The van der Waals surface area contributed by atoms with Crippen molar-refractivity contribution in [3.8, 4) is 10.6 Å². The van der Waals surface area contributed by atoms with E-state index in [-0.39, 0.29) is 11.4 Å². The van der Waals surface area contributed by atoms with E-state index in [0.29, 0.717) is 17.1 Å². The molecule has 1 aromatic carbocycles. The number of H-pyrrole nitrogens is 1. The van der Waals surface area contributed by atoms with Crippen molar-refractivity contribution in [3.05, 3.63) is 87.5 Å². The zero-order valence-corrected chi connectivity index (χ0v) is 16.7. The lowest BCUT2D eigenvalue weighted by Gasteiger charge is -2.02. The predicted octanol–water partition coefficient (Wildman–Crippen LogP) is 4.63. The maximum absolute atomic E-state index is 12.0. The summed E-state index contributed by atoms with van der Waals surface area (Å²) < 4.78 is 0. The molecule has 4 aromatic rings. The molecule has 0 saturated heterocycles. The first kappa shape index (κ1) is 19.0. The third kappa shape index (κ3) is 4.42.